The van der Waals surface area contributed by atoms with Crippen molar-refractivity contribution in [2.24, 2.45) is 0 Å². The van der Waals surface area contributed by atoms with E-state index in [1.54, 1.807) is 32.5 Å². The number of fused-ring (bicyclic) bond motifs is 1. The fraction of sp³-hybridized carbons (Fsp3) is 0.235. The molecule has 1 atom stereocenters. The lowest BCUT2D eigenvalue weighted by Crippen LogP contribution is -2.40. The Hall–Kier alpha value is -5.58. The minimum Gasteiger partial charge on any atom is -0.497 e. The first-order chi connectivity index (χ1) is 21.9. The molecule has 3 heterocycles. The molecule has 5 aromatic rings. The maximum absolute atomic E-state index is 12.9. The zero-order valence-electron chi connectivity index (χ0n) is 25.1. The Morgan fingerprint density at radius 1 is 1.00 bits per heavy atom. The maximum Gasteiger partial charge on any atom is 0.407 e. The van der Waals surface area contributed by atoms with E-state index < -0.39 is 6.09 Å². The number of pyridine rings is 1. The third-order valence-corrected chi connectivity index (χ3v) is 8.03. The summed E-state index contributed by atoms with van der Waals surface area (Å²) in [6.45, 7) is 1.28. The number of nitrogens with one attached hydrogen (secondary N) is 2. The van der Waals surface area contributed by atoms with Crippen LogP contribution in [0.3, 0.4) is 0 Å². The molecule has 0 spiro atoms. The Morgan fingerprint density at radius 2 is 1.80 bits per heavy atom. The number of piperidine rings is 1. The molecule has 1 aliphatic rings. The smallest absolute Gasteiger partial charge is 0.407 e. The maximum atomic E-state index is 12.9. The highest BCUT2D eigenvalue weighted by Gasteiger charge is 2.28. The number of hydrogen-bond acceptors (Lipinski definition) is 7. The van der Waals surface area contributed by atoms with E-state index in [1.165, 1.54) is 4.90 Å². The third-order valence-electron chi connectivity index (χ3n) is 8.03. The van der Waals surface area contributed by atoms with E-state index in [2.05, 4.69) is 10.6 Å². The predicted molar refractivity (Wildman–Crippen MR) is 172 cm³/mol. The van der Waals surface area contributed by atoms with Gasteiger partial charge in [0.25, 0.3) is 5.91 Å². The van der Waals surface area contributed by atoms with Gasteiger partial charge in [0.05, 0.1) is 31.2 Å². The second-order valence-electron chi connectivity index (χ2n) is 10.8. The van der Waals surface area contributed by atoms with Gasteiger partial charge in [0.1, 0.15) is 23.0 Å². The molecular weight excluding hydrogens is 572 g/mol. The Balaban J connectivity index is 1.37. The van der Waals surface area contributed by atoms with E-state index in [4.69, 9.17) is 19.6 Å². The molecule has 45 heavy (non-hydrogen) atoms. The van der Waals surface area contributed by atoms with Crippen LogP contribution in [0.2, 0.25) is 0 Å². The quantitative estimate of drug-likeness (QED) is 0.178. The van der Waals surface area contributed by atoms with Crippen LogP contribution in [0.15, 0.2) is 85.1 Å². The molecule has 11 nitrogen and oxygen atoms in total. The molecule has 2 amide bonds. The van der Waals surface area contributed by atoms with Crippen molar-refractivity contribution in [3.05, 3.63) is 96.2 Å². The Kier molecular flexibility index (Phi) is 8.50. The van der Waals surface area contributed by atoms with Gasteiger partial charge in [0.15, 0.2) is 0 Å². The van der Waals surface area contributed by atoms with Gasteiger partial charge in [0.2, 0.25) is 0 Å². The van der Waals surface area contributed by atoms with E-state index in [0.717, 1.165) is 40.6 Å². The number of carbonyl (C=O) groups excluding carboxylic acids is 1. The lowest BCUT2D eigenvalue weighted by molar-refractivity contribution is 0.102. The molecule has 0 saturated carbocycles. The Bertz CT molecular complexity index is 1820. The second kappa shape index (κ2) is 13.0. The number of aromatic nitrogens is 3. The fourth-order valence-electron chi connectivity index (χ4n) is 5.71. The monoisotopic (exact) mass is 606 g/mol. The fourth-order valence-corrected chi connectivity index (χ4v) is 5.71. The average Bonchev–Trinajstić information content (AvgIpc) is 3.48. The largest absolute Gasteiger partial charge is 0.497 e. The van der Waals surface area contributed by atoms with Crippen molar-refractivity contribution in [1.82, 2.24) is 19.7 Å². The number of para-hydroxylation sites is 1. The minimum atomic E-state index is -0.932. The number of methoxy groups -OCH3 is 2. The summed E-state index contributed by atoms with van der Waals surface area (Å²) in [5, 5.41) is 21.9. The van der Waals surface area contributed by atoms with E-state index in [0.29, 0.717) is 48.2 Å². The number of ether oxygens (including phenoxy) is 2. The summed E-state index contributed by atoms with van der Waals surface area (Å²) in [5.41, 5.74) is 4.48. The summed E-state index contributed by atoms with van der Waals surface area (Å²) in [6, 6.07) is 24.0. The van der Waals surface area contributed by atoms with Crippen molar-refractivity contribution in [2.75, 3.05) is 37.9 Å². The number of hydrogen-bond donors (Lipinski definition) is 3. The van der Waals surface area contributed by atoms with E-state index >= 15 is 0 Å². The van der Waals surface area contributed by atoms with Crippen molar-refractivity contribution >= 4 is 34.4 Å². The van der Waals surface area contributed by atoms with Crippen molar-refractivity contribution < 1.29 is 24.2 Å². The lowest BCUT2D eigenvalue weighted by Gasteiger charge is -2.31. The number of carboxylic acid groups (broad SMARTS) is 1. The van der Waals surface area contributed by atoms with Crippen LogP contribution in [0.4, 0.5) is 16.3 Å². The summed E-state index contributed by atoms with van der Waals surface area (Å²) in [7, 11) is 3.23. The molecule has 11 heteroatoms. The molecule has 1 saturated heterocycles. The molecule has 0 radical (unpaired) electrons. The van der Waals surface area contributed by atoms with E-state index in [-0.39, 0.29) is 11.9 Å². The normalized spacial score (nSPS) is 14.6. The Morgan fingerprint density at radius 3 is 2.53 bits per heavy atom. The zero-order chi connectivity index (χ0) is 31.3. The first-order valence-electron chi connectivity index (χ1n) is 14.7. The minimum absolute atomic E-state index is 0.140. The molecule has 3 N–H and O–H groups in total. The van der Waals surface area contributed by atoms with Gasteiger partial charge in [-0.05, 0) is 55.3 Å². The number of amides is 2. The lowest BCUT2D eigenvalue weighted by atomic mass is 10.0. The highest BCUT2D eigenvalue weighted by Crippen LogP contribution is 2.36. The molecule has 2 aromatic heterocycles. The van der Waals surface area contributed by atoms with Gasteiger partial charge in [-0.2, -0.15) is 5.10 Å². The van der Waals surface area contributed by atoms with Crippen LogP contribution in [0, 0.1) is 0 Å². The van der Waals surface area contributed by atoms with E-state index in [9.17, 15) is 14.7 Å². The zero-order valence-corrected chi connectivity index (χ0v) is 25.1. The molecular formula is C34H34N6O5. The van der Waals surface area contributed by atoms with Crippen LogP contribution in [-0.4, -0.2) is 64.1 Å². The van der Waals surface area contributed by atoms with Crippen LogP contribution >= 0.6 is 0 Å². The molecule has 230 valence electrons. The van der Waals surface area contributed by atoms with Gasteiger partial charge in [-0.1, -0.05) is 30.3 Å². The van der Waals surface area contributed by atoms with Gasteiger partial charge in [-0.3, -0.25) is 9.48 Å². The molecule has 1 fully saturated rings. The molecule has 0 bridgehead atoms. The molecule has 0 aliphatic carbocycles. The third kappa shape index (κ3) is 6.23. The van der Waals surface area contributed by atoms with Gasteiger partial charge >= 0.3 is 6.09 Å². The van der Waals surface area contributed by atoms with Gasteiger partial charge in [-0.25, -0.2) is 9.78 Å². The van der Waals surface area contributed by atoms with Crippen molar-refractivity contribution in [1.29, 1.82) is 0 Å². The van der Waals surface area contributed by atoms with Crippen molar-refractivity contribution in [2.45, 2.75) is 25.4 Å². The first-order valence-corrected chi connectivity index (χ1v) is 14.7. The molecule has 6 rings (SSSR count). The van der Waals surface area contributed by atoms with E-state index in [1.807, 2.05) is 71.4 Å². The number of rotatable bonds is 9. The molecule has 0 unspecified atom stereocenters. The number of benzene rings is 3. The summed E-state index contributed by atoms with van der Waals surface area (Å²) in [6.07, 6.45) is 2.34. The molecule has 1 aliphatic heterocycles. The van der Waals surface area contributed by atoms with Crippen molar-refractivity contribution in [3.63, 3.8) is 0 Å². The van der Waals surface area contributed by atoms with Gasteiger partial charge < -0.3 is 30.1 Å². The van der Waals surface area contributed by atoms with Gasteiger partial charge in [0, 0.05) is 54.3 Å². The number of anilines is 2. The van der Waals surface area contributed by atoms with Crippen LogP contribution in [0.25, 0.3) is 22.2 Å². The topological polar surface area (TPSA) is 131 Å². The highest BCUT2D eigenvalue weighted by molar-refractivity contribution is 6.05. The van der Waals surface area contributed by atoms with Crippen molar-refractivity contribution in [3.8, 4) is 22.8 Å². The Labute approximate surface area is 260 Å². The number of likely N-dealkylation sites (tertiary alicyclic amines) is 1. The summed E-state index contributed by atoms with van der Waals surface area (Å²) in [4.78, 5) is 30.9. The molecule has 3 aromatic carbocycles. The first kappa shape index (κ1) is 29.5. The number of nitrogens with zero attached hydrogens (tertiary/aromatic N) is 4. The van der Waals surface area contributed by atoms with Crippen LogP contribution in [0.1, 0.15) is 34.8 Å². The SMILES string of the molecule is COc1ccc(CNc2nccc3c2c(-c2ccc(C(=O)Nc4ccccc4)cc2)nn3[C@@H]2CCCN(C(=O)O)C2)c(OC)c1. The van der Waals surface area contributed by atoms with Crippen LogP contribution in [0.5, 0.6) is 11.5 Å². The van der Waals surface area contributed by atoms with Gasteiger partial charge in [-0.15, -0.1) is 0 Å². The summed E-state index contributed by atoms with van der Waals surface area (Å²) >= 11 is 0. The summed E-state index contributed by atoms with van der Waals surface area (Å²) in [5.74, 6) is 1.80. The number of carbonyl (C=O) groups is 2. The average molecular weight is 607 g/mol. The van der Waals surface area contributed by atoms with Crippen LogP contribution in [-0.2, 0) is 6.54 Å². The predicted octanol–water partition coefficient (Wildman–Crippen LogP) is 6.29. The highest BCUT2D eigenvalue weighted by atomic mass is 16.5. The second-order valence-corrected chi connectivity index (χ2v) is 10.8. The van der Waals surface area contributed by atoms with Crippen LogP contribution < -0.4 is 20.1 Å². The summed E-state index contributed by atoms with van der Waals surface area (Å²) < 4.78 is 12.9. The standard InChI is InChI=1S/C34H34N6O5/c1-44-27-15-14-24(29(19-27)45-2)20-36-32-30-28(16-17-35-32)40(26-9-6-18-39(21-26)34(42)43)38-31(30)22-10-12-23(13-11-22)33(41)37-25-7-4-3-5-8-25/h3-5,7-8,10-17,19,26H,6,9,18,20-21H2,1-2H3,(H,35,36)(H,37,41)(H,42,43)/t26-/m1/s1.